The number of carbonyl (C=O) groups is 1. The van der Waals surface area contributed by atoms with Crippen LogP contribution in [-0.2, 0) is 4.79 Å². The largest absolute Gasteiger partial charge is 0.477 e. The monoisotopic (exact) mass is 306 g/mol. The summed E-state index contributed by atoms with van der Waals surface area (Å²) in [4.78, 5) is 24.6. The quantitative estimate of drug-likeness (QED) is 0.633. The number of piperidine rings is 1. The molecule has 1 amide bonds. The van der Waals surface area contributed by atoms with E-state index in [4.69, 9.17) is 4.74 Å². The van der Waals surface area contributed by atoms with E-state index in [0.29, 0.717) is 11.8 Å². The van der Waals surface area contributed by atoms with E-state index in [1.165, 1.54) is 6.07 Å². The second-order valence-electron chi connectivity index (χ2n) is 6.26. The molecular formula is C16H22N2O4. The number of hydrogen-bond acceptors (Lipinski definition) is 4. The molecule has 120 valence electrons. The number of hydrogen-bond donors (Lipinski definition) is 0. The van der Waals surface area contributed by atoms with Crippen molar-refractivity contribution in [2.45, 2.75) is 27.2 Å². The molecule has 1 fully saturated rings. The molecule has 0 aromatic heterocycles. The Kier molecular flexibility index (Phi) is 5.00. The van der Waals surface area contributed by atoms with Gasteiger partial charge in [0.25, 0.3) is 5.91 Å². The first kappa shape index (κ1) is 16.3. The van der Waals surface area contributed by atoms with Crippen molar-refractivity contribution in [3.8, 4) is 5.75 Å². The second-order valence-corrected chi connectivity index (χ2v) is 6.26. The Morgan fingerprint density at radius 3 is 2.59 bits per heavy atom. The van der Waals surface area contributed by atoms with Crippen molar-refractivity contribution in [1.29, 1.82) is 0 Å². The fourth-order valence-electron chi connectivity index (χ4n) is 2.99. The molecule has 0 unspecified atom stereocenters. The zero-order valence-corrected chi connectivity index (χ0v) is 13.2. The summed E-state index contributed by atoms with van der Waals surface area (Å²) in [6.45, 7) is 7.32. The Bertz CT molecular complexity index is 563. The van der Waals surface area contributed by atoms with Crippen LogP contribution in [0.3, 0.4) is 0 Å². The highest BCUT2D eigenvalue weighted by Crippen LogP contribution is 2.28. The Morgan fingerprint density at radius 1 is 1.36 bits per heavy atom. The zero-order valence-electron chi connectivity index (χ0n) is 13.2. The average Bonchev–Trinajstić information content (AvgIpc) is 2.44. The van der Waals surface area contributed by atoms with Crippen LogP contribution in [0.5, 0.6) is 5.75 Å². The van der Waals surface area contributed by atoms with Gasteiger partial charge in [-0.05, 0) is 36.8 Å². The Hall–Kier alpha value is -2.11. The topological polar surface area (TPSA) is 72.7 Å². The Morgan fingerprint density at radius 2 is 2.00 bits per heavy atom. The number of ether oxygens (including phenoxy) is 1. The molecule has 1 aliphatic heterocycles. The van der Waals surface area contributed by atoms with Crippen molar-refractivity contribution in [2.75, 3.05) is 19.7 Å². The van der Waals surface area contributed by atoms with Crippen LogP contribution >= 0.6 is 0 Å². The maximum Gasteiger partial charge on any atom is 0.311 e. The summed E-state index contributed by atoms with van der Waals surface area (Å²) >= 11 is 0. The van der Waals surface area contributed by atoms with Gasteiger partial charge in [0.05, 0.1) is 4.92 Å². The zero-order chi connectivity index (χ0) is 16.3. The molecule has 0 spiro atoms. The number of nitrogens with zero attached hydrogens (tertiary/aromatic N) is 2. The fourth-order valence-corrected chi connectivity index (χ4v) is 2.99. The van der Waals surface area contributed by atoms with Gasteiger partial charge < -0.3 is 9.64 Å². The van der Waals surface area contributed by atoms with Gasteiger partial charge in [0.15, 0.2) is 12.4 Å². The van der Waals surface area contributed by atoms with Gasteiger partial charge >= 0.3 is 5.69 Å². The lowest BCUT2D eigenvalue weighted by Gasteiger charge is -2.34. The lowest BCUT2D eigenvalue weighted by molar-refractivity contribution is -0.385. The molecular weight excluding hydrogens is 284 g/mol. The highest BCUT2D eigenvalue weighted by atomic mass is 16.6. The lowest BCUT2D eigenvalue weighted by Crippen LogP contribution is -2.44. The van der Waals surface area contributed by atoms with Crippen molar-refractivity contribution in [3.05, 3.63) is 33.9 Å². The summed E-state index contributed by atoms with van der Waals surface area (Å²) in [5, 5.41) is 11.0. The third kappa shape index (κ3) is 3.96. The van der Waals surface area contributed by atoms with E-state index in [0.717, 1.165) is 25.1 Å². The van der Waals surface area contributed by atoms with Gasteiger partial charge in [-0.25, -0.2) is 0 Å². The minimum absolute atomic E-state index is 0.104. The molecule has 22 heavy (non-hydrogen) atoms. The number of aryl methyl sites for hydroxylation is 1. The number of amides is 1. The van der Waals surface area contributed by atoms with Crippen LogP contribution in [0.15, 0.2) is 18.2 Å². The summed E-state index contributed by atoms with van der Waals surface area (Å²) < 4.78 is 5.41. The van der Waals surface area contributed by atoms with Crippen molar-refractivity contribution in [3.63, 3.8) is 0 Å². The number of nitro benzene ring substituents is 1. The predicted octanol–water partition coefficient (Wildman–Crippen LogP) is 2.79. The van der Waals surface area contributed by atoms with Crippen LogP contribution in [0.25, 0.3) is 0 Å². The van der Waals surface area contributed by atoms with E-state index in [-0.39, 0.29) is 24.0 Å². The third-order valence-corrected chi connectivity index (χ3v) is 3.88. The van der Waals surface area contributed by atoms with Crippen LogP contribution in [0.2, 0.25) is 0 Å². The van der Waals surface area contributed by atoms with Gasteiger partial charge in [-0.2, -0.15) is 0 Å². The maximum atomic E-state index is 12.2. The van der Waals surface area contributed by atoms with Crippen molar-refractivity contribution < 1.29 is 14.5 Å². The molecule has 1 heterocycles. The van der Waals surface area contributed by atoms with E-state index < -0.39 is 4.92 Å². The molecule has 0 bridgehead atoms. The lowest BCUT2D eigenvalue weighted by atomic mass is 9.92. The standard InChI is InChI=1S/C16H22N2O4/c1-11-4-5-15(14(7-11)18(20)21)22-10-16(19)17-8-12(2)6-13(3)9-17/h4-5,7,12-13H,6,8-10H2,1-3H3/t12-,13+. The highest BCUT2D eigenvalue weighted by molar-refractivity contribution is 5.78. The molecule has 0 aliphatic carbocycles. The Labute approximate surface area is 130 Å². The van der Waals surface area contributed by atoms with Crippen molar-refractivity contribution >= 4 is 11.6 Å². The number of rotatable bonds is 4. The van der Waals surface area contributed by atoms with E-state index in [2.05, 4.69) is 13.8 Å². The van der Waals surface area contributed by atoms with Crippen LogP contribution < -0.4 is 4.74 Å². The van der Waals surface area contributed by atoms with Crippen LogP contribution in [0, 0.1) is 28.9 Å². The molecule has 0 N–H and O–H groups in total. The van der Waals surface area contributed by atoms with Gasteiger partial charge in [-0.15, -0.1) is 0 Å². The number of benzene rings is 1. The van der Waals surface area contributed by atoms with Gasteiger partial charge in [-0.3, -0.25) is 14.9 Å². The summed E-state index contributed by atoms with van der Waals surface area (Å²) in [7, 11) is 0. The van der Waals surface area contributed by atoms with E-state index in [1.807, 2.05) is 0 Å². The van der Waals surface area contributed by atoms with Crippen LogP contribution in [0.1, 0.15) is 25.8 Å². The van der Waals surface area contributed by atoms with Crippen molar-refractivity contribution in [1.82, 2.24) is 4.90 Å². The average molecular weight is 306 g/mol. The summed E-state index contributed by atoms with van der Waals surface area (Å²) in [5.41, 5.74) is 0.678. The molecule has 0 saturated carbocycles. The van der Waals surface area contributed by atoms with E-state index >= 15 is 0 Å². The molecule has 0 radical (unpaired) electrons. The first-order valence-corrected chi connectivity index (χ1v) is 7.52. The summed E-state index contributed by atoms with van der Waals surface area (Å²) in [6, 6.07) is 4.73. The minimum atomic E-state index is -0.488. The minimum Gasteiger partial charge on any atom is -0.477 e. The Balaban J connectivity index is 2.01. The van der Waals surface area contributed by atoms with E-state index in [9.17, 15) is 14.9 Å². The molecule has 1 aliphatic rings. The smallest absolute Gasteiger partial charge is 0.311 e. The normalized spacial score (nSPS) is 21.5. The molecule has 1 saturated heterocycles. The maximum absolute atomic E-state index is 12.2. The van der Waals surface area contributed by atoms with E-state index in [1.54, 1.807) is 24.0 Å². The van der Waals surface area contributed by atoms with Gasteiger partial charge in [-0.1, -0.05) is 19.9 Å². The third-order valence-electron chi connectivity index (χ3n) is 3.88. The highest BCUT2D eigenvalue weighted by Gasteiger charge is 2.26. The molecule has 2 atom stereocenters. The molecule has 1 aromatic rings. The molecule has 6 nitrogen and oxygen atoms in total. The molecule has 1 aromatic carbocycles. The fraction of sp³-hybridized carbons (Fsp3) is 0.562. The summed E-state index contributed by atoms with van der Waals surface area (Å²) in [6.07, 6.45) is 1.12. The van der Waals surface area contributed by atoms with Gasteiger partial charge in [0.1, 0.15) is 0 Å². The number of nitro groups is 1. The van der Waals surface area contributed by atoms with Crippen molar-refractivity contribution in [2.24, 2.45) is 11.8 Å². The number of likely N-dealkylation sites (tertiary alicyclic amines) is 1. The van der Waals surface area contributed by atoms with Gasteiger partial charge in [0.2, 0.25) is 0 Å². The second kappa shape index (κ2) is 6.77. The van der Waals surface area contributed by atoms with Gasteiger partial charge in [0, 0.05) is 19.2 Å². The van der Waals surface area contributed by atoms with Crippen LogP contribution in [-0.4, -0.2) is 35.4 Å². The first-order valence-electron chi connectivity index (χ1n) is 7.52. The van der Waals surface area contributed by atoms with Crippen LogP contribution in [0.4, 0.5) is 5.69 Å². The molecule has 2 rings (SSSR count). The predicted molar refractivity (Wildman–Crippen MR) is 82.9 cm³/mol. The molecule has 6 heteroatoms. The number of carbonyl (C=O) groups excluding carboxylic acids is 1. The first-order chi connectivity index (χ1) is 10.4. The SMILES string of the molecule is Cc1ccc(OCC(=O)N2C[C@H](C)C[C@H](C)C2)c([N+](=O)[O-])c1. The summed E-state index contributed by atoms with van der Waals surface area (Å²) in [5.74, 6) is 0.971.